The van der Waals surface area contributed by atoms with Crippen LogP contribution in [0.15, 0.2) is 18.2 Å². The summed E-state index contributed by atoms with van der Waals surface area (Å²) >= 11 is 1.99. The number of aromatic carboxylic acids is 1. The second-order valence-electron chi connectivity index (χ2n) is 4.84. The summed E-state index contributed by atoms with van der Waals surface area (Å²) in [6, 6.07) is 5.38. The van der Waals surface area contributed by atoms with Gasteiger partial charge in [0.05, 0.1) is 5.56 Å². The van der Waals surface area contributed by atoms with Gasteiger partial charge in [0.1, 0.15) is 0 Å². The highest BCUT2D eigenvalue weighted by atomic mass is 32.2. The number of hydrogen-bond acceptors (Lipinski definition) is 4. The number of carboxylic acid groups (broad SMARTS) is 1. The Labute approximate surface area is 117 Å². The molecule has 1 saturated carbocycles. The molecule has 0 saturated heterocycles. The van der Waals surface area contributed by atoms with E-state index in [1.54, 1.807) is 12.1 Å². The fourth-order valence-corrected chi connectivity index (χ4v) is 3.69. The number of hydrogen-bond donors (Lipinski definition) is 3. The minimum atomic E-state index is -0.938. The van der Waals surface area contributed by atoms with Crippen molar-refractivity contribution in [1.29, 1.82) is 0 Å². The maximum absolute atomic E-state index is 11.2. The highest BCUT2D eigenvalue weighted by Gasteiger charge is 2.25. The number of carboxylic acids is 1. The minimum absolute atomic E-state index is 0.256. The molecular weight excluding hydrogens is 260 g/mol. The maximum Gasteiger partial charge on any atom is 0.337 e. The van der Waals surface area contributed by atoms with Crippen molar-refractivity contribution in [1.82, 2.24) is 0 Å². The highest BCUT2D eigenvalue weighted by molar-refractivity contribution is 7.99. The standard InChI is InChI=1S/C14H20N2O2S/c1-2-19-11-5-4-10(8-11)16-13-6-3-9(15)7-12(13)14(17)18/h3,6-7,10-11,16H,2,4-5,8,15H2,1H3,(H,17,18). The number of thioether (sulfide) groups is 1. The van der Waals surface area contributed by atoms with Crippen molar-refractivity contribution in [2.75, 3.05) is 16.8 Å². The van der Waals surface area contributed by atoms with Crippen LogP contribution in [0.5, 0.6) is 0 Å². The van der Waals surface area contributed by atoms with Crippen molar-refractivity contribution in [2.24, 2.45) is 0 Å². The molecule has 0 aromatic heterocycles. The lowest BCUT2D eigenvalue weighted by molar-refractivity contribution is 0.0698. The van der Waals surface area contributed by atoms with Gasteiger partial charge in [0.15, 0.2) is 0 Å². The smallest absolute Gasteiger partial charge is 0.337 e. The van der Waals surface area contributed by atoms with Crippen LogP contribution < -0.4 is 11.1 Å². The number of rotatable bonds is 5. The van der Waals surface area contributed by atoms with E-state index in [2.05, 4.69) is 12.2 Å². The zero-order valence-electron chi connectivity index (χ0n) is 11.1. The van der Waals surface area contributed by atoms with Crippen molar-refractivity contribution in [2.45, 2.75) is 37.5 Å². The van der Waals surface area contributed by atoms with Gasteiger partial charge in [-0.2, -0.15) is 11.8 Å². The molecule has 0 aliphatic heterocycles. The lowest BCUT2D eigenvalue weighted by Gasteiger charge is -2.16. The molecule has 0 heterocycles. The molecule has 1 aromatic rings. The topological polar surface area (TPSA) is 75.3 Å². The van der Waals surface area contributed by atoms with Crippen molar-refractivity contribution in [3.8, 4) is 0 Å². The fourth-order valence-electron chi connectivity index (χ4n) is 2.54. The summed E-state index contributed by atoms with van der Waals surface area (Å²) in [4.78, 5) is 11.2. The van der Waals surface area contributed by atoms with Gasteiger partial charge in [-0.3, -0.25) is 0 Å². The first kappa shape index (κ1) is 14.1. The second kappa shape index (κ2) is 6.19. The molecule has 4 nitrogen and oxygen atoms in total. The molecule has 2 rings (SSSR count). The van der Waals surface area contributed by atoms with Crippen LogP contribution in [0.25, 0.3) is 0 Å². The largest absolute Gasteiger partial charge is 0.478 e. The van der Waals surface area contributed by atoms with E-state index in [0.29, 0.717) is 22.7 Å². The number of anilines is 2. The Hall–Kier alpha value is -1.36. The molecule has 5 heteroatoms. The molecule has 104 valence electrons. The van der Waals surface area contributed by atoms with Gasteiger partial charge in [0, 0.05) is 22.7 Å². The molecule has 1 aliphatic carbocycles. The molecule has 2 atom stereocenters. The average Bonchev–Trinajstić information content (AvgIpc) is 2.79. The van der Waals surface area contributed by atoms with Crippen LogP contribution in [0.1, 0.15) is 36.5 Å². The van der Waals surface area contributed by atoms with Crippen LogP contribution in [-0.4, -0.2) is 28.1 Å². The van der Waals surface area contributed by atoms with E-state index in [1.807, 2.05) is 11.8 Å². The molecule has 19 heavy (non-hydrogen) atoms. The third-order valence-corrected chi connectivity index (χ3v) is 4.65. The van der Waals surface area contributed by atoms with Crippen LogP contribution >= 0.6 is 11.8 Å². The van der Waals surface area contributed by atoms with Crippen LogP contribution in [0.3, 0.4) is 0 Å². The van der Waals surface area contributed by atoms with Crippen LogP contribution in [0.4, 0.5) is 11.4 Å². The summed E-state index contributed by atoms with van der Waals surface area (Å²) < 4.78 is 0. The molecule has 1 fully saturated rings. The lowest BCUT2D eigenvalue weighted by Crippen LogP contribution is -2.18. The third-order valence-electron chi connectivity index (χ3n) is 3.42. The molecule has 1 aliphatic rings. The van der Waals surface area contributed by atoms with E-state index in [0.717, 1.165) is 18.6 Å². The Morgan fingerprint density at radius 3 is 3.00 bits per heavy atom. The Balaban J connectivity index is 2.05. The zero-order valence-corrected chi connectivity index (χ0v) is 11.9. The summed E-state index contributed by atoms with van der Waals surface area (Å²) in [5.41, 5.74) is 7.05. The average molecular weight is 280 g/mol. The Morgan fingerprint density at radius 1 is 1.53 bits per heavy atom. The van der Waals surface area contributed by atoms with Gasteiger partial charge in [-0.15, -0.1) is 0 Å². The van der Waals surface area contributed by atoms with E-state index >= 15 is 0 Å². The fraction of sp³-hybridized carbons (Fsp3) is 0.500. The second-order valence-corrected chi connectivity index (χ2v) is 6.42. The van der Waals surface area contributed by atoms with Crippen molar-refractivity contribution < 1.29 is 9.90 Å². The molecular formula is C14H20N2O2S. The Bertz CT molecular complexity index is 465. The van der Waals surface area contributed by atoms with Crippen LogP contribution in [0, 0.1) is 0 Å². The molecule has 0 amide bonds. The van der Waals surface area contributed by atoms with Gasteiger partial charge in [-0.1, -0.05) is 6.92 Å². The van der Waals surface area contributed by atoms with Crippen molar-refractivity contribution in [3.63, 3.8) is 0 Å². The third kappa shape index (κ3) is 3.56. The first-order chi connectivity index (χ1) is 9.10. The number of nitrogens with one attached hydrogen (secondary N) is 1. The number of nitrogens with two attached hydrogens (primary N) is 1. The van der Waals surface area contributed by atoms with E-state index in [4.69, 9.17) is 5.73 Å². The molecule has 0 spiro atoms. The molecule has 4 N–H and O–H groups in total. The SMILES string of the molecule is CCSC1CCC(Nc2ccc(N)cc2C(=O)O)C1. The molecule has 2 unspecified atom stereocenters. The van der Waals surface area contributed by atoms with Gasteiger partial charge >= 0.3 is 5.97 Å². The molecule has 1 aromatic carbocycles. The van der Waals surface area contributed by atoms with Crippen molar-refractivity contribution in [3.05, 3.63) is 23.8 Å². The Morgan fingerprint density at radius 2 is 2.32 bits per heavy atom. The predicted molar refractivity (Wildman–Crippen MR) is 81.0 cm³/mol. The van der Waals surface area contributed by atoms with Crippen LogP contribution in [0.2, 0.25) is 0 Å². The summed E-state index contributed by atoms with van der Waals surface area (Å²) in [6.45, 7) is 2.17. The summed E-state index contributed by atoms with van der Waals surface area (Å²) in [6.07, 6.45) is 3.40. The van der Waals surface area contributed by atoms with Gasteiger partial charge in [0.25, 0.3) is 0 Å². The van der Waals surface area contributed by atoms with Gasteiger partial charge in [-0.05, 0) is 43.2 Å². The van der Waals surface area contributed by atoms with Crippen LogP contribution in [-0.2, 0) is 0 Å². The number of benzene rings is 1. The van der Waals surface area contributed by atoms with E-state index in [1.165, 1.54) is 12.5 Å². The van der Waals surface area contributed by atoms with Crippen molar-refractivity contribution >= 4 is 29.1 Å². The zero-order chi connectivity index (χ0) is 13.8. The van der Waals surface area contributed by atoms with E-state index < -0.39 is 5.97 Å². The predicted octanol–water partition coefficient (Wildman–Crippen LogP) is 3.05. The highest BCUT2D eigenvalue weighted by Crippen LogP contribution is 2.32. The molecule has 0 bridgehead atoms. The Kier molecular flexibility index (Phi) is 4.58. The normalized spacial score (nSPS) is 22.4. The van der Waals surface area contributed by atoms with Gasteiger partial charge in [-0.25, -0.2) is 4.79 Å². The summed E-state index contributed by atoms with van der Waals surface area (Å²) in [7, 11) is 0. The summed E-state index contributed by atoms with van der Waals surface area (Å²) in [5, 5.41) is 13.3. The molecule has 0 radical (unpaired) electrons. The minimum Gasteiger partial charge on any atom is -0.478 e. The number of carbonyl (C=O) groups is 1. The quantitative estimate of drug-likeness (QED) is 0.723. The first-order valence-corrected chi connectivity index (χ1v) is 7.66. The van der Waals surface area contributed by atoms with E-state index in [-0.39, 0.29) is 5.56 Å². The monoisotopic (exact) mass is 280 g/mol. The van der Waals surface area contributed by atoms with Gasteiger partial charge < -0.3 is 16.2 Å². The first-order valence-electron chi connectivity index (χ1n) is 6.61. The maximum atomic E-state index is 11.2. The lowest BCUT2D eigenvalue weighted by atomic mass is 10.1. The summed E-state index contributed by atoms with van der Waals surface area (Å²) in [5.74, 6) is 0.201. The van der Waals surface area contributed by atoms with E-state index in [9.17, 15) is 9.90 Å². The van der Waals surface area contributed by atoms with Gasteiger partial charge in [0.2, 0.25) is 0 Å². The number of nitrogen functional groups attached to an aromatic ring is 1.